The molecule has 1 aliphatic heterocycles. The summed E-state index contributed by atoms with van der Waals surface area (Å²) >= 11 is 0. The minimum absolute atomic E-state index is 0.0181. The molecule has 1 aromatic heterocycles. The summed E-state index contributed by atoms with van der Waals surface area (Å²) in [6, 6.07) is 1.71. The first-order chi connectivity index (χ1) is 10.7. The number of nitrogens with zero attached hydrogens (tertiary/aromatic N) is 2. The van der Waals surface area contributed by atoms with Gasteiger partial charge < -0.3 is 20.5 Å². The third-order valence-electron chi connectivity index (χ3n) is 4.21. The van der Waals surface area contributed by atoms with E-state index in [1.54, 1.807) is 11.0 Å². The molecule has 1 saturated heterocycles. The Morgan fingerprint density at radius 3 is 2.95 bits per heavy atom. The Labute approximate surface area is 129 Å². The summed E-state index contributed by atoms with van der Waals surface area (Å²) in [6.07, 6.45) is 4.17. The lowest BCUT2D eigenvalue weighted by Crippen LogP contribution is -2.38. The van der Waals surface area contributed by atoms with Crippen molar-refractivity contribution < 1.29 is 14.1 Å². The summed E-state index contributed by atoms with van der Waals surface area (Å²) in [5.74, 6) is 1.13. The van der Waals surface area contributed by atoms with Crippen LogP contribution in [-0.4, -0.2) is 47.5 Å². The number of carbonyl (C=O) groups is 2. The molecule has 7 heteroatoms. The van der Waals surface area contributed by atoms with E-state index < -0.39 is 0 Å². The molecule has 0 spiro atoms. The van der Waals surface area contributed by atoms with Gasteiger partial charge in [0.1, 0.15) is 5.76 Å². The summed E-state index contributed by atoms with van der Waals surface area (Å²) in [5, 5.41) is 6.76. The molecule has 120 valence electrons. The summed E-state index contributed by atoms with van der Waals surface area (Å²) in [6.45, 7) is 1.76. The van der Waals surface area contributed by atoms with Crippen molar-refractivity contribution in [1.29, 1.82) is 0 Å². The Balaban J connectivity index is 1.48. The highest BCUT2D eigenvalue weighted by molar-refractivity contribution is 5.92. The van der Waals surface area contributed by atoms with Crippen LogP contribution in [0.25, 0.3) is 0 Å². The van der Waals surface area contributed by atoms with Gasteiger partial charge in [-0.25, -0.2) is 0 Å². The first kappa shape index (κ1) is 15.0. The van der Waals surface area contributed by atoms with Crippen molar-refractivity contribution in [1.82, 2.24) is 15.4 Å². The maximum atomic E-state index is 12.2. The molecular weight excluding hydrogens is 284 g/mol. The van der Waals surface area contributed by atoms with Crippen molar-refractivity contribution in [3.63, 3.8) is 0 Å². The quantitative estimate of drug-likeness (QED) is 0.802. The zero-order valence-electron chi connectivity index (χ0n) is 12.6. The number of hydrogen-bond acceptors (Lipinski definition) is 5. The molecular formula is C15H22N4O3. The maximum absolute atomic E-state index is 12.2. The molecule has 0 unspecified atom stereocenters. The van der Waals surface area contributed by atoms with Crippen LogP contribution in [0.3, 0.4) is 0 Å². The topological polar surface area (TPSA) is 101 Å². The third-order valence-corrected chi connectivity index (χ3v) is 4.21. The van der Waals surface area contributed by atoms with Gasteiger partial charge in [-0.05, 0) is 32.2 Å². The van der Waals surface area contributed by atoms with Crippen LogP contribution in [0.4, 0.5) is 0 Å². The van der Waals surface area contributed by atoms with E-state index >= 15 is 0 Å². The second kappa shape index (κ2) is 6.48. The Kier molecular flexibility index (Phi) is 4.42. The maximum Gasteiger partial charge on any atom is 0.273 e. The molecule has 2 fully saturated rings. The minimum Gasteiger partial charge on any atom is -0.360 e. The second-order valence-electron chi connectivity index (χ2n) is 6.08. The SMILES string of the molecule is NCCCC(=O)N1CC[C@@H](NC(=O)c2cc(C3CC3)on2)C1. The standard InChI is InChI=1S/C15H22N4O3/c16-6-1-2-14(20)19-7-5-11(9-19)17-15(21)12-8-13(22-18-12)10-3-4-10/h8,10-11H,1-7,9,16H2,(H,17,21)/t11-/m1/s1. The fourth-order valence-corrected chi connectivity index (χ4v) is 2.73. The smallest absolute Gasteiger partial charge is 0.273 e. The van der Waals surface area contributed by atoms with Crippen molar-refractivity contribution in [2.24, 2.45) is 5.73 Å². The predicted octanol–water partition coefficient (Wildman–Crippen LogP) is 0.622. The highest BCUT2D eigenvalue weighted by atomic mass is 16.5. The normalized spacial score (nSPS) is 21.1. The van der Waals surface area contributed by atoms with Gasteiger partial charge in [-0.3, -0.25) is 9.59 Å². The Hall–Kier alpha value is -1.89. The van der Waals surface area contributed by atoms with Crippen LogP contribution in [-0.2, 0) is 4.79 Å². The number of nitrogens with two attached hydrogens (primary N) is 1. The van der Waals surface area contributed by atoms with E-state index in [1.807, 2.05) is 0 Å². The van der Waals surface area contributed by atoms with E-state index in [9.17, 15) is 9.59 Å². The first-order valence-electron chi connectivity index (χ1n) is 7.92. The number of aromatic nitrogens is 1. The molecule has 1 aromatic rings. The van der Waals surface area contributed by atoms with Crippen LogP contribution in [0.1, 0.15) is 54.3 Å². The zero-order chi connectivity index (χ0) is 15.5. The van der Waals surface area contributed by atoms with Crippen molar-refractivity contribution in [2.75, 3.05) is 19.6 Å². The molecule has 2 heterocycles. The average molecular weight is 306 g/mol. The number of rotatable bonds is 6. The number of hydrogen-bond donors (Lipinski definition) is 2. The van der Waals surface area contributed by atoms with Gasteiger partial charge in [-0.1, -0.05) is 5.16 Å². The number of likely N-dealkylation sites (tertiary alicyclic amines) is 1. The average Bonchev–Trinajstić information content (AvgIpc) is 3.06. The van der Waals surface area contributed by atoms with Gasteiger partial charge >= 0.3 is 0 Å². The van der Waals surface area contributed by atoms with Gasteiger partial charge in [0.25, 0.3) is 5.91 Å². The molecule has 0 radical (unpaired) electrons. The van der Waals surface area contributed by atoms with E-state index in [-0.39, 0.29) is 17.9 Å². The van der Waals surface area contributed by atoms with E-state index in [0.717, 1.165) is 25.0 Å². The van der Waals surface area contributed by atoms with Gasteiger partial charge in [0.05, 0.1) is 0 Å². The van der Waals surface area contributed by atoms with Crippen LogP contribution in [0.15, 0.2) is 10.6 Å². The third kappa shape index (κ3) is 3.47. The van der Waals surface area contributed by atoms with Gasteiger partial charge in [0.2, 0.25) is 5.91 Å². The number of amides is 2. The predicted molar refractivity (Wildman–Crippen MR) is 79.2 cm³/mol. The summed E-state index contributed by atoms with van der Waals surface area (Å²) < 4.78 is 5.19. The fraction of sp³-hybridized carbons (Fsp3) is 0.667. The monoisotopic (exact) mass is 306 g/mol. The first-order valence-corrected chi connectivity index (χ1v) is 7.92. The molecule has 0 bridgehead atoms. The second-order valence-corrected chi connectivity index (χ2v) is 6.08. The Bertz CT molecular complexity index is 553. The van der Waals surface area contributed by atoms with E-state index in [4.69, 9.17) is 10.3 Å². The Morgan fingerprint density at radius 2 is 2.23 bits per heavy atom. The van der Waals surface area contributed by atoms with Gasteiger partial charge in [0, 0.05) is 37.5 Å². The summed E-state index contributed by atoms with van der Waals surface area (Å²) in [7, 11) is 0. The van der Waals surface area contributed by atoms with E-state index in [0.29, 0.717) is 44.1 Å². The lowest BCUT2D eigenvalue weighted by atomic mass is 10.2. The van der Waals surface area contributed by atoms with Crippen molar-refractivity contribution >= 4 is 11.8 Å². The lowest BCUT2D eigenvalue weighted by Gasteiger charge is -2.16. The van der Waals surface area contributed by atoms with Crippen molar-refractivity contribution in [3.8, 4) is 0 Å². The Morgan fingerprint density at radius 1 is 1.41 bits per heavy atom. The molecule has 22 heavy (non-hydrogen) atoms. The molecule has 1 saturated carbocycles. The zero-order valence-corrected chi connectivity index (χ0v) is 12.6. The number of nitrogens with one attached hydrogen (secondary N) is 1. The van der Waals surface area contributed by atoms with E-state index in [1.165, 1.54) is 0 Å². The van der Waals surface area contributed by atoms with Gasteiger partial charge in [-0.2, -0.15) is 0 Å². The molecule has 0 aromatic carbocycles. The highest BCUT2D eigenvalue weighted by Crippen LogP contribution is 2.40. The molecule has 3 N–H and O–H groups in total. The van der Waals surface area contributed by atoms with Gasteiger partial charge in [-0.15, -0.1) is 0 Å². The summed E-state index contributed by atoms with van der Waals surface area (Å²) in [4.78, 5) is 25.9. The van der Waals surface area contributed by atoms with Crippen LogP contribution in [0, 0.1) is 0 Å². The molecule has 2 aliphatic rings. The largest absolute Gasteiger partial charge is 0.360 e. The molecule has 7 nitrogen and oxygen atoms in total. The van der Waals surface area contributed by atoms with Crippen LogP contribution < -0.4 is 11.1 Å². The molecule has 1 atom stereocenters. The number of carbonyl (C=O) groups excluding carboxylic acids is 2. The van der Waals surface area contributed by atoms with Crippen molar-refractivity contribution in [3.05, 3.63) is 17.5 Å². The van der Waals surface area contributed by atoms with Gasteiger partial charge in [0.15, 0.2) is 5.69 Å². The molecule has 3 rings (SSSR count). The highest BCUT2D eigenvalue weighted by Gasteiger charge is 2.30. The van der Waals surface area contributed by atoms with Crippen molar-refractivity contribution in [2.45, 2.75) is 44.1 Å². The fourth-order valence-electron chi connectivity index (χ4n) is 2.73. The summed E-state index contributed by atoms with van der Waals surface area (Å²) in [5.41, 5.74) is 5.75. The van der Waals surface area contributed by atoms with Crippen LogP contribution in [0.2, 0.25) is 0 Å². The van der Waals surface area contributed by atoms with E-state index in [2.05, 4.69) is 10.5 Å². The molecule has 2 amide bonds. The lowest BCUT2D eigenvalue weighted by molar-refractivity contribution is -0.130. The minimum atomic E-state index is -0.225. The van der Waals surface area contributed by atoms with Crippen LogP contribution >= 0.6 is 0 Å². The van der Waals surface area contributed by atoms with Crippen LogP contribution in [0.5, 0.6) is 0 Å². The molecule has 1 aliphatic carbocycles.